The predicted octanol–water partition coefficient (Wildman–Crippen LogP) is 7.53. The molecule has 1 unspecified atom stereocenters. The molecule has 6 rings (SSSR count). The number of ether oxygens (including phenoxy) is 3. The summed E-state index contributed by atoms with van der Waals surface area (Å²) in [7, 11) is 1.55. The van der Waals surface area contributed by atoms with Gasteiger partial charge in [-0.3, -0.25) is 14.5 Å². The van der Waals surface area contributed by atoms with E-state index >= 15 is 0 Å². The van der Waals surface area contributed by atoms with E-state index in [4.69, 9.17) is 19.2 Å². The minimum Gasteiger partial charge on any atom is -0.507 e. The van der Waals surface area contributed by atoms with Crippen LogP contribution in [0.3, 0.4) is 0 Å². The molecule has 2 heterocycles. The van der Waals surface area contributed by atoms with Crippen molar-refractivity contribution in [1.82, 2.24) is 4.98 Å². The number of thiazole rings is 1. The summed E-state index contributed by atoms with van der Waals surface area (Å²) in [6, 6.07) is 24.8. The second kappa shape index (κ2) is 12.5. The molecule has 0 bridgehead atoms. The number of aromatic nitrogens is 1. The first kappa shape index (κ1) is 29.9. The number of nitrogens with zero attached hydrogens (tertiary/aromatic N) is 2. The molecule has 4 aromatic carbocycles. The van der Waals surface area contributed by atoms with Crippen LogP contribution in [0.1, 0.15) is 40.8 Å². The largest absolute Gasteiger partial charge is 0.507 e. The SMILES string of the molecule is CCOc1cc(C2/C(=C(\O)c3ccc(OC)cc3)C(=O)C(=O)N2c2nc3c(C)cc(C)cc3s2)ccc1OCc1ccccc1. The average molecular weight is 621 g/mol. The summed E-state index contributed by atoms with van der Waals surface area (Å²) in [6.45, 7) is 6.55. The third kappa shape index (κ3) is 5.74. The van der Waals surface area contributed by atoms with E-state index in [0.29, 0.717) is 46.7 Å². The number of hydrogen-bond donors (Lipinski definition) is 1. The van der Waals surface area contributed by atoms with Crippen molar-refractivity contribution in [2.24, 2.45) is 0 Å². The molecule has 0 radical (unpaired) electrons. The second-order valence-corrected chi connectivity index (χ2v) is 11.7. The number of carbonyl (C=O) groups excluding carboxylic acids is 2. The Balaban J connectivity index is 1.50. The Morgan fingerprint density at radius 3 is 2.40 bits per heavy atom. The maximum absolute atomic E-state index is 13.8. The highest BCUT2D eigenvalue weighted by Gasteiger charge is 2.48. The Bertz CT molecular complexity index is 1930. The first-order chi connectivity index (χ1) is 21.8. The van der Waals surface area contributed by atoms with Crippen LogP contribution in [-0.4, -0.2) is 35.5 Å². The highest BCUT2D eigenvalue weighted by atomic mass is 32.1. The van der Waals surface area contributed by atoms with Crippen LogP contribution in [0.4, 0.5) is 5.13 Å². The molecule has 9 heteroatoms. The Kier molecular flexibility index (Phi) is 8.28. The minimum absolute atomic E-state index is 0.0438. The molecule has 0 aliphatic carbocycles. The molecular formula is C36H32N2O6S. The van der Waals surface area contributed by atoms with E-state index in [9.17, 15) is 14.7 Å². The zero-order chi connectivity index (χ0) is 31.7. The van der Waals surface area contributed by atoms with Gasteiger partial charge in [0.05, 0.1) is 35.5 Å². The lowest BCUT2D eigenvalue weighted by Crippen LogP contribution is -2.29. The van der Waals surface area contributed by atoms with Crippen molar-refractivity contribution in [3.8, 4) is 17.2 Å². The van der Waals surface area contributed by atoms with E-state index in [1.54, 1.807) is 49.6 Å². The Morgan fingerprint density at radius 2 is 1.69 bits per heavy atom. The topological polar surface area (TPSA) is 98.2 Å². The zero-order valence-corrected chi connectivity index (χ0v) is 26.2. The number of Topliss-reactive ketones (excluding diaryl/α,β-unsaturated/α-hetero) is 1. The molecule has 1 saturated heterocycles. The fraction of sp³-hybridized carbons (Fsp3) is 0.194. The highest BCUT2D eigenvalue weighted by molar-refractivity contribution is 7.22. The van der Waals surface area contributed by atoms with E-state index in [2.05, 4.69) is 0 Å². The molecule has 1 aliphatic heterocycles. The van der Waals surface area contributed by atoms with Crippen LogP contribution in [0.25, 0.3) is 16.0 Å². The number of fused-ring (bicyclic) bond motifs is 1. The summed E-state index contributed by atoms with van der Waals surface area (Å²) >= 11 is 1.33. The number of rotatable bonds is 9. The second-order valence-electron chi connectivity index (χ2n) is 10.7. The van der Waals surface area contributed by atoms with E-state index in [-0.39, 0.29) is 11.3 Å². The quantitative estimate of drug-likeness (QED) is 0.103. The first-order valence-corrected chi connectivity index (χ1v) is 15.4. The van der Waals surface area contributed by atoms with Crippen molar-refractivity contribution >= 4 is 44.1 Å². The van der Waals surface area contributed by atoms with Gasteiger partial charge in [0.25, 0.3) is 5.78 Å². The molecule has 1 amide bonds. The number of methoxy groups -OCH3 is 1. The van der Waals surface area contributed by atoms with Crippen LogP contribution in [0, 0.1) is 13.8 Å². The molecule has 1 aliphatic rings. The molecule has 1 N–H and O–H groups in total. The molecule has 228 valence electrons. The Labute approximate surface area is 265 Å². The van der Waals surface area contributed by atoms with E-state index in [0.717, 1.165) is 26.9 Å². The minimum atomic E-state index is -0.976. The average Bonchev–Trinajstić information content (AvgIpc) is 3.58. The van der Waals surface area contributed by atoms with Gasteiger partial charge in [-0.1, -0.05) is 53.8 Å². The highest BCUT2D eigenvalue weighted by Crippen LogP contribution is 2.46. The number of amides is 1. The summed E-state index contributed by atoms with van der Waals surface area (Å²) in [5.74, 6) is -0.303. The Hall–Kier alpha value is -5.15. The van der Waals surface area contributed by atoms with Gasteiger partial charge in [0.1, 0.15) is 18.1 Å². The maximum Gasteiger partial charge on any atom is 0.301 e. The van der Waals surface area contributed by atoms with Gasteiger partial charge in [-0.2, -0.15) is 0 Å². The fourth-order valence-corrected chi connectivity index (χ4v) is 6.70. The van der Waals surface area contributed by atoms with Gasteiger partial charge in [0.2, 0.25) is 0 Å². The number of ketones is 1. The van der Waals surface area contributed by atoms with Gasteiger partial charge < -0.3 is 19.3 Å². The van der Waals surface area contributed by atoms with Gasteiger partial charge in [-0.25, -0.2) is 4.98 Å². The van der Waals surface area contributed by atoms with Crippen molar-refractivity contribution in [1.29, 1.82) is 0 Å². The molecular weight excluding hydrogens is 588 g/mol. The molecule has 45 heavy (non-hydrogen) atoms. The number of benzene rings is 4. The lowest BCUT2D eigenvalue weighted by atomic mass is 9.95. The summed E-state index contributed by atoms with van der Waals surface area (Å²) in [5.41, 5.74) is 4.69. The van der Waals surface area contributed by atoms with Crippen LogP contribution >= 0.6 is 11.3 Å². The van der Waals surface area contributed by atoms with E-state index < -0.39 is 17.7 Å². The molecule has 1 fully saturated rings. The molecule has 1 aromatic heterocycles. The normalized spacial score (nSPS) is 15.9. The number of aryl methyl sites for hydroxylation is 2. The predicted molar refractivity (Wildman–Crippen MR) is 175 cm³/mol. The molecule has 0 saturated carbocycles. The molecule has 8 nitrogen and oxygen atoms in total. The van der Waals surface area contributed by atoms with Crippen molar-refractivity contribution in [2.45, 2.75) is 33.4 Å². The van der Waals surface area contributed by atoms with Crippen LogP contribution in [0.2, 0.25) is 0 Å². The smallest absolute Gasteiger partial charge is 0.301 e. The lowest BCUT2D eigenvalue weighted by Gasteiger charge is -2.24. The number of carbonyl (C=O) groups is 2. The molecule has 1 atom stereocenters. The van der Waals surface area contributed by atoms with E-state index in [1.807, 2.05) is 63.2 Å². The van der Waals surface area contributed by atoms with Gasteiger partial charge in [0, 0.05) is 5.56 Å². The standard InChI is InChI=1S/C36H32N2O6S/c1-5-43-28-19-25(13-16-27(28)44-20-23-9-7-6-8-10-23)32-30(33(39)24-11-14-26(42-4)15-12-24)34(40)35(41)38(32)36-37-31-22(3)17-21(2)18-29(31)45-36/h6-19,32,39H,5,20H2,1-4H3/b33-30+. The first-order valence-electron chi connectivity index (χ1n) is 14.6. The van der Waals surface area contributed by atoms with Crippen LogP contribution in [-0.2, 0) is 16.2 Å². The van der Waals surface area contributed by atoms with Gasteiger partial charge in [-0.05, 0) is 85.5 Å². The number of aliphatic hydroxyl groups excluding tert-OH is 1. The Morgan fingerprint density at radius 1 is 0.933 bits per heavy atom. The summed E-state index contributed by atoms with van der Waals surface area (Å²) in [6.07, 6.45) is 0. The van der Waals surface area contributed by atoms with Gasteiger partial charge >= 0.3 is 5.91 Å². The van der Waals surface area contributed by atoms with Crippen molar-refractivity contribution < 1.29 is 28.9 Å². The van der Waals surface area contributed by atoms with Crippen molar-refractivity contribution in [3.05, 3.63) is 118 Å². The summed E-state index contributed by atoms with van der Waals surface area (Å²) in [5, 5.41) is 12.0. The van der Waals surface area contributed by atoms with Crippen LogP contribution < -0.4 is 19.1 Å². The van der Waals surface area contributed by atoms with E-state index in [1.165, 1.54) is 16.2 Å². The summed E-state index contributed by atoms with van der Waals surface area (Å²) < 4.78 is 18.3. The third-order valence-electron chi connectivity index (χ3n) is 7.65. The van der Waals surface area contributed by atoms with Crippen LogP contribution in [0.5, 0.6) is 17.2 Å². The summed E-state index contributed by atoms with van der Waals surface area (Å²) in [4.78, 5) is 33.8. The van der Waals surface area contributed by atoms with Gasteiger partial charge in [-0.15, -0.1) is 0 Å². The maximum atomic E-state index is 13.8. The van der Waals surface area contributed by atoms with Crippen LogP contribution in [0.15, 0.2) is 90.5 Å². The number of hydrogen-bond acceptors (Lipinski definition) is 8. The van der Waals surface area contributed by atoms with Crippen molar-refractivity contribution in [3.63, 3.8) is 0 Å². The number of anilines is 1. The molecule has 5 aromatic rings. The zero-order valence-electron chi connectivity index (χ0n) is 25.4. The fourth-order valence-electron chi connectivity index (χ4n) is 5.53. The third-order valence-corrected chi connectivity index (χ3v) is 8.65. The number of aliphatic hydroxyl groups is 1. The monoisotopic (exact) mass is 620 g/mol. The van der Waals surface area contributed by atoms with Gasteiger partial charge in [0.15, 0.2) is 16.6 Å². The van der Waals surface area contributed by atoms with Crippen molar-refractivity contribution in [2.75, 3.05) is 18.6 Å². The molecule has 0 spiro atoms. The lowest BCUT2D eigenvalue weighted by molar-refractivity contribution is -0.132.